The minimum Gasteiger partial charge on any atom is -0.373 e. The highest BCUT2D eigenvalue weighted by atomic mass is 16.5. The van der Waals surface area contributed by atoms with Gasteiger partial charge in [0.15, 0.2) is 0 Å². The van der Waals surface area contributed by atoms with Crippen LogP contribution in [0.5, 0.6) is 0 Å². The van der Waals surface area contributed by atoms with Crippen LogP contribution in [0.2, 0.25) is 0 Å². The van der Waals surface area contributed by atoms with Crippen molar-refractivity contribution in [2.75, 3.05) is 13.2 Å². The molecule has 20 heavy (non-hydrogen) atoms. The van der Waals surface area contributed by atoms with Gasteiger partial charge in [-0.2, -0.15) is 0 Å². The molecule has 1 amide bonds. The third-order valence-electron chi connectivity index (χ3n) is 3.67. The zero-order valence-corrected chi connectivity index (χ0v) is 12.1. The third kappa shape index (κ3) is 4.05. The summed E-state index contributed by atoms with van der Waals surface area (Å²) in [5, 5.41) is 2.80. The Morgan fingerprint density at radius 1 is 1.50 bits per heavy atom. The maximum atomic E-state index is 11.3. The average molecular weight is 276 g/mol. The van der Waals surface area contributed by atoms with Crippen molar-refractivity contribution in [1.29, 1.82) is 0 Å². The summed E-state index contributed by atoms with van der Waals surface area (Å²) in [5.74, 6) is -0.104. The second kappa shape index (κ2) is 7.41. The maximum absolute atomic E-state index is 11.3. The second-order valence-electron chi connectivity index (χ2n) is 5.38. The van der Waals surface area contributed by atoms with Gasteiger partial charge in [0.2, 0.25) is 5.91 Å². The van der Waals surface area contributed by atoms with Crippen LogP contribution in [0.3, 0.4) is 0 Å². The molecule has 110 valence electrons. The fourth-order valence-electron chi connectivity index (χ4n) is 2.55. The Morgan fingerprint density at radius 3 is 3.10 bits per heavy atom. The molecular formula is C16H24N2O2. The lowest BCUT2D eigenvalue weighted by Crippen LogP contribution is -2.38. The van der Waals surface area contributed by atoms with E-state index in [1.807, 2.05) is 0 Å². The van der Waals surface area contributed by atoms with Crippen LogP contribution in [0.15, 0.2) is 24.3 Å². The van der Waals surface area contributed by atoms with Crippen LogP contribution >= 0.6 is 0 Å². The summed E-state index contributed by atoms with van der Waals surface area (Å²) in [6.07, 6.45) is 4.45. The van der Waals surface area contributed by atoms with Crippen molar-refractivity contribution in [1.82, 2.24) is 5.32 Å². The van der Waals surface area contributed by atoms with Crippen LogP contribution in [0.4, 0.5) is 0 Å². The molecule has 4 heteroatoms. The van der Waals surface area contributed by atoms with Gasteiger partial charge in [0.05, 0.1) is 12.1 Å². The minimum atomic E-state index is -0.443. The molecule has 1 aliphatic carbocycles. The summed E-state index contributed by atoms with van der Waals surface area (Å²) >= 11 is 0. The van der Waals surface area contributed by atoms with Crippen molar-refractivity contribution in [3.05, 3.63) is 35.4 Å². The van der Waals surface area contributed by atoms with E-state index in [4.69, 9.17) is 10.5 Å². The smallest absolute Gasteiger partial charge is 0.236 e. The van der Waals surface area contributed by atoms with E-state index < -0.39 is 6.04 Å². The van der Waals surface area contributed by atoms with E-state index >= 15 is 0 Å². The molecule has 1 unspecified atom stereocenters. The summed E-state index contributed by atoms with van der Waals surface area (Å²) in [4.78, 5) is 11.3. The Hall–Kier alpha value is -1.39. The van der Waals surface area contributed by atoms with Crippen LogP contribution < -0.4 is 11.1 Å². The van der Waals surface area contributed by atoms with Crippen LogP contribution in [-0.4, -0.2) is 25.1 Å². The predicted molar refractivity (Wildman–Crippen MR) is 79.3 cm³/mol. The Labute approximate surface area is 120 Å². The lowest BCUT2D eigenvalue weighted by molar-refractivity contribution is -0.122. The molecule has 0 saturated heterocycles. The van der Waals surface area contributed by atoms with Gasteiger partial charge in [-0.15, -0.1) is 0 Å². The highest BCUT2D eigenvalue weighted by molar-refractivity contribution is 5.80. The van der Waals surface area contributed by atoms with E-state index in [2.05, 4.69) is 29.6 Å². The SMILES string of the molecule is C[C@H](N)C(=O)NCCCOC1CCCc2ccccc21. The Bertz CT molecular complexity index is 446. The maximum Gasteiger partial charge on any atom is 0.236 e. The number of hydrogen-bond donors (Lipinski definition) is 2. The molecule has 1 aliphatic rings. The lowest BCUT2D eigenvalue weighted by Gasteiger charge is -2.25. The summed E-state index contributed by atoms with van der Waals surface area (Å²) in [5.41, 5.74) is 8.22. The normalized spacial score (nSPS) is 19.2. The zero-order valence-electron chi connectivity index (χ0n) is 12.1. The molecule has 0 bridgehead atoms. The number of ether oxygens (including phenoxy) is 1. The van der Waals surface area contributed by atoms with Gasteiger partial charge in [-0.25, -0.2) is 0 Å². The number of nitrogens with two attached hydrogens (primary N) is 1. The molecule has 0 spiro atoms. The van der Waals surface area contributed by atoms with Gasteiger partial charge in [-0.05, 0) is 43.7 Å². The topological polar surface area (TPSA) is 64.4 Å². The highest BCUT2D eigenvalue weighted by Crippen LogP contribution is 2.32. The molecule has 0 heterocycles. The summed E-state index contributed by atoms with van der Waals surface area (Å²) in [7, 11) is 0. The lowest BCUT2D eigenvalue weighted by atomic mass is 9.89. The summed E-state index contributed by atoms with van der Waals surface area (Å²) in [6, 6.07) is 8.07. The largest absolute Gasteiger partial charge is 0.373 e. The molecule has 4 nitrogen and oxygen atoms in total. The first-order valence-corrected chi connectivity index (χ1v) is 7.41. The van der Waals surface area contributed by atoms with E-state index in [0.29, 0.717) is 13.2 Å². The van der Waals surface area contributed by atoms with E-state index in [-0.39, 0.29) is 12.0 Å². The van der Waals surface area contributed by atoms with Gasteiger partial charge >= 0.3 is 0 Å². The quantitative estimate of drug-likeness (QED) is 0.780. The molecule has 1 aromatic rings. The molecule has 0 radical (unpaired) electrons. The molecule has 2 rings (SSSR count). The standard InChI is InChI=1S/C16H24N2O2/c1-12(17)16(19)18-10-5-11-20-15-9-4-7-13-6-2-3-8-14(13)15/h2-3,6,8,12,15H,4-5,7,9-11,17H2,1H3,(H,18,19)/t12-,15?/m0/s1. The summed E-state index contributed by atoms with van der Waals surface area (Å²) in [6.45, 7) is 2.97. The van der Waals surface area contributed by atoms with E-state index in [9.17, 15) is 4.79 Å². The number of rotatable bonds is 6. The van der Waals surface area contributed by atoms with Gasteiger partial charge in [0.25, 0.3) is 0 Å². The summed E-state index contributed by atoms with van der Waals surface area (Å²) < 4.78 is 5.97. The number of amides is 1. The number of carbonyl (C=O) groups excluding carboxylic acids is 1. The van der Waals surface area contributed by atoms with Crippen molar-refractivity contribution in [3.8, 4) is 0 Å². The monoisotopic (exact) mass is 276 g/mol. The average Bonchev–Trinajstić information content (AvgIpc) is 2.46. The fourth-order valence-corrected chi connectivity index (χ4v) is 2.55. The van der Waals surface area contributed by atoms with Crippen molar-refractivity contribution in [2.45, 2.75) is 44.8 Å². The molecule has 0 aromatic heterocycles. The molecule has 0 fully saturated rings. The van der Waals surface area contributed by atoms with Crippen LogP contribution in [0.1, 0.15) is 43.4 Å². The van der Waals surface area contributed by atoms with E-state index in [1.54, 1.807) is 6.92 Å². The molecule has 1 aromatic carbocycles. The van der Waals surface area contributed by atoms with Crippen molar-refractivity contribution >= 4 is 5.91 Å². The van der Waals surface area contributed by atoms with Crippen LogP contribution in [-0.2, 0) is 16.0 Å². The molecule has 0 aliphatic heterocycles. The van der Waals surface area contributed by atoms with Crippen LogP contribution in [0.25, 0.3) is 0 Å². The first-order chi connectivity index (χ1) is 9.68. The molecular weight excluding hydrogens is 252 g/mol. The number of carbonyl (C=O) groups is 1. The number of hydrogen-bond acceptors (Lipinski definition) is 3. The van der Waals surface area contributed by atoms with Gasteiger partial charge in [-0.3, -0.25) is 4.79 Å². The zero-order chi connectivity index (χ0) is 14.4. The number of nitrogens with one attached hydrogen (secondary N) is 1. The Kier molecular flexibility index (Phi) is 5.56. The second-order valence-corrected chi connectivity index (χ2v) is 5.38. The number of aryl methyl sites for hydroxylation is 1. The van der Waals surface area contributed by atoms with Gasteiger partial charge in [0, 0.05) is 13.2 Å². The van der Waals surface area contributed by atoms with Crippen molar-refractivity contribution in [2.24, 2.45) is 5.73 Å². The van der Waals surface area contributed by atoms with Gasteiger partial charge in [-0.1, -0.05) is 24.3 Å². The fraction of sp³-hybridized carbons (Fsp3) is 0.562. The van der Waals surface area contributed by atoms with Crippen LogP contribution in [0, 0.1) is 0 Å². The first-order valence-electron chi connectivity index (χ1n) is 7.41. The number of benzene rings is 1. The highest BCUT2D eigenvalue weighted by Gasteiger charge is 2.19. The first kappa shape index (κ1) is 15.0. The molecule has 0 saturated carbocycles. The van der Waals surface area contributed by atoms with Gasteiger partial charge < -0.3 is 15.8 Å². The minimum absolute atomic E-state index is 0.104. The third-order valence-corrected chi connectivity index (χ3v) is 3.67. The van der Waals surface area contributed by atoms with Crippen molar-refractivity contribution < 1.29 is 9.53 Å². The Morgan fingerprint density at radius 2 is 2.30 bits per heavy atom. The predicted octanol–water partition coefficient (Wildman–Crippen LogP) is 1.93. The van der Waals surface area contributed by atoms with E-state index in [1.165, 1.54) is 17.5 Å². The Balaban J connectivity index is 1.72. The van der Waals surface area contributed by atoms with E-state index in [0.717, 1.165) is 19.3 Å². The molecule has 3 N–H and O–H groups in total. The number of fused-ring (bicyclic) bond motifs is 1. The molecule has 2 atom stereocenters. The van der Waals surface area contributed by atoms with Gasteiger partial charge in [0.1, 0.15) is 0 Å². The van der Waals surface area contributed by atoms with Crippen molar-refractivity contribution in [3.63, 3.8) is 0 Å².